The van der Waals surface area contributed by atoms with Crippen LogP contribution in [0.15, 0.2) is 126 Å². The first kappa shape index (κ1) is 30.4. The van der Waals surface area contributed by atoms with E-state index < -0.39 is 35.6 Å². The second-order valence-electron chi connectivity index (χ2n) is 10.9. The number of ether oxygens (including phenoxy) is 4. The number of methoxy groups -OCH3 is 2. The van der Waals surface area contributed by atoms with Crippen LogP contribution in [0.25, 0.3) is 0 Å². The van der Waals surface area contributed by atoms with Gasteiger partial charge in [0.1, 0.15) is 35.2 Å². The number of aromatic nitrogens is 2. The average molecular weight is 635 g/mol. The summed E-state index contributed by atoms with van der Waals surface area (Å²) in [5.41, 5.74) is 0.859. The molecule has 1 aromatic heterocycles. The molecular formula is C37H35N3O7. The highest BCUT2D eigenvalue weighted by atomic mass is 16.6. The van der Waals surface area contributed by atoms with Crippen molar-refractivity contribution in [2.24, 2.45) is 0 Å². The van der Waals surface area contributed by atoms with Crippen molar-refractivity contribution in [1.82, 2.24) is 9.55 Å². The number of amides is 1. The first-order chi connectivity index (χ1) is 23.2. The summed E-state index contributed by atoms with van der Waals surface area (Å²) in [6.07, 6.45) is -3.06. The number of nitrogens with zero attached hydrogens (tertiary/aromatic N) is 2. The molecule has 1 aliphatic rings. The van der Waals surface area contributed by atoms with E-state index in [1.165, 1.54) is 16.8 Å². The lowest BCUT2D eigenvalue weighted by Crippen LogP contribution is -2.38. The molecule has 0 saturated carbocycles. The largest absolute Gasteiger partial charge is 0.497 e. The fourth-order valence-corrected chi connectivity index (χ4v) is 5.68. The summed E-state index contributed by atoms with van der Waals surface area (Å²) in [7, 11) is 3.19. The fraction of sp³-hybridized carbons (Fsp3) is 0.216. The Hall–Kier alpha value is -5.29. The molecule has 1 fully saturated rings. The average Bonchev–Trinajstić information content (AvgIpc) is 3.43. The van der Waals surface area contributed by atoms with Crippen LogP contribution in [0, 0.1) is 0 Å². The number of carbonyl (C=O) groups is 1. The molecule has 1 aliphatic heterocycles. The molecule has 0 aliphatic carbocycles. The van der Waals surface area contributed by atoms with Crippen LogP contribution in [0.5, 0.6) is 11.5 Å². The van der Waals surface area contributed by atoms with E-state index in [-0.39, 0.29) is 18.8 Å². The van der Waals surface area contributed by atoms with Gasteiger partial charge in [-0.1, -0.05) is 72.8 Å². The third-order valence-corrected chi connectivity index (χ3v) is 8.12. The van der Waals surface area contributed by atoms with Crippen molar-refractivity contribution >= 4 is 11.7 Å². The number of hydrogen-bond acceptors (Lipinski definition) is 8. The molecule has 6 rings (SSSR count). The van der Waals surface area contributed by atoms with Crippen LogP contribution in [0.4, 0.5) is 5.82 Å². The summed E-state index contributed by atoms with van der Waals surface area (Å²) < 4.78 is 33.8. The summed E-state index contributed by atoms with van der Waals surface area (Å²) in [5.74, 6) is 0.992. The van der Waals surface area contributed by atoms with Gasteiger partial charge in [-0.15, -0.1) is 0 Å². The van der Waals surface area contributed by atoms with Gasteiger partial charge in [-0.05, 0) is 59.2 Å². The van der Waals surface area contributed by atoms with E-state index in [1.807, 2.05) is 78.9 Å². The number of benzene rings is 4. The van der Waals surface area contributed by atoms with Gasteiger partial charge >= 0.3 is 5.69 Å². The summed E-state index contributed by atoms with van der Waals surface area (Å²) in [6, 6.07) is 34.6. The number of carbonyl (C=O) groups excluding carboxylic acids is 1. The molecule has 4 aromatic carbocycles. The molecule has 5 aromatic rings. The van der Waals surface area contributed by atoms with E-state index in [0.29, 0.717) is 17.1 Å². The molecule has 1 amide bonds. The van der Waals surface area contributed by atoms with E-state index in [9.17, 15) is 14.7 Å². The highest BCUT2D eigenvalue weighted by Crippen LogP contribution is 2.42. The van der Waals surface area contributed by atoms with Gasteiger partial charge < -0.3 is 29.4 Å². The summed E-state index contributed by atoms with van der Waals surface area (Å²) in [5, 5.41) is 13.9. The van der Waals surface area contributed by atoms with Crippen molar-refractivity contribution in [2.75, 3.05) is 26.1 Å². The maximum Gasteiger partial charge on any atom is 0.351 e. The summed E-state index contributed by atoms with van der Waals surface area (Å²) in [4.78, 5) is 29.6. The lowest BCUT2D eigenvalue weighted by atomic mass is 9.80. The first-order valence-corrected chi connectivity index (χ1v) is 15.1. The zero-order valence-corrected chi connectivity index (χ0v) is 25.9. The molecule has 0 bridgehead atoms. The second-order valence-corrected chi connectivity index (χ2v) is 10.9. The van der Waals surface area contributed by atoms with Gasteiger partial charge in [0.15, 0.2) is 0 Å². The smallest absolute Gasteiger partial charge is 0.351 e. The molecule has 0 spiro atoms. The summed E-state index contributed by atoms with van der Waals surface area (Å²) >= 11 is 0. The first-order valence-electron chi connectivity index (χ1n) is 15.6. The number of rotatable bonds is 11. The number of hydrogen-bond donors (Lipinski definition) is 2. The Kier molecular flexibility index (Phi) is 9.05. The van der Waals surface area contributed by atoms with Crippen molar-refractivity contribution in [3.8, 4) is 11.5 Å². The molecule has 2 heterocycles. The van der Waals surface area contributed by atoms with E-state index in [0.717, 1.165) is 16.7 Å². The van der Waals surface area contributed by atoms with Crippen LogP contribution < -0.4 is 20.5 Å². The third kappa shape index (κ3) is 6.66. The molecule has 10 nitrogen and oxygen atoms in total. The lowest BCUT2D eigenvalue weighted by molar-refractivity contribution is -0.0944. The SMILES string of the molecule is [2H][C@]1(O)C[C@H](n2ccc(NC(=O)c3ccccc3)nc2=O)O[C@@H]1COC(c1ccccc1)(c1ccc(OC)cc1)c1ccc(OC)cc1. The zero-order valence-electron chi connectivity index (χ0n) is 26.9. The quantitative estimate of drug-likeness (QED) is 0.191. The van der Waals surface area contributed by atoms with Crippen molar-refractivity contribution in [1.29, 1.82) is 0 Å². The highest BCUT2D eigenvalue weighted by Gasteiger charge is 2.42. The van der Waals surface area contributed by atoms with Gasteiger partial charge in [0.25, 0.3) is 5.91 Å². The number of anilines is 1. The van der Waals surface area contributed by atoms with Crippen molar-refractivity contribution < 1.29 is 30.2 Å². The van der Waals surface area contributed by atoms with Gasteiger partial charge in [0.05, 0.1) is 28.3 Å². The van der Waals surface area contributed by atoms with Crippen LogP contribution in [-0.2, 0) is 15.1 Å². The Morgan fingerprint density at radius 2 is 1.45 bits per heavy atom. The Balaban J connectivity index is 1.29. The second kappa shape index (κ2) is 14.0. The molecule has 240 valence electrons. The Bertz CT molecular complexity index is 1850. The molecule has 1 saturated heterocycles. The van der Waals surface area contributed by atoms with Crippen LogP contribution in [0.1, 0.15) is 41.1 Å². The van der Waals surface area contributed by atoms with Crippen molar-refractivity contribution in [2.45, 2.75) is 30.4 Å². The third-order valence-electron chi connectivity index (χ3n) is 8.12. The van der Waals surface area contributed by atoms with Crippen LogP contribution in [-0.4, -0.2) is 53.6 Å². The minimum atomic E-state index is -2.10. The van der Waals surface area contributed by atoms with Gasteiger partial charge in [0.2, 0.25) is 0 Å². The molecule has 2 N–H and O–H groups in total. The Labute approximate surface area is 273 Å². The Morgan fingerprint density at radius 1 is 0.894 bits per heavy atom. The molecule has 10 heteroatoms. The highest BCUT2D eigenvalue weighted by molar-refractivity contribution is 6.03. The lowest BCUT2D eigenvalue weighted by Gasteiger charge is -2.37. The normalized spacial score (nSPS) is 19.5. The van der Waals surface area contributed by atoms with Gasteiger partial charge in [-0.25, -0.2) is 4.79 Å². The minimum Gasteiger partial charge on any atom is -0.497 e. The van der Waals surface area contributed by atoms with Gasteiger partial charge in [-0.3, -0.25) is 9.36 Å². The predicted molar refractivity (Wildman–Crippen MR) is 176 cm³/mol. The van der Waals surface area contributed by atoms with Gasteiger partial charge in [0, 0.05) is 18.2 Å². The van der Waals surface area contributed by atoms with E-state index in [1.54, 1.807) is 44.6 Å². The molecule has 0 unspecified atom stereocenters. The number of aliphatic hydroxyl groups is 1. The van der Waals surface area contributed by atoms with E-state index in [2.05, 4.69) is 10.3 Å². The molecular weight excluding hydrogens is 598 g/mol. The maximum atomic E-state index is 13.1. The zero-order chi connectivity index (χ0) is 33.7. The van der Waals surface area contributed by atoms with E-state index >= 15 is 0 Å². The van der Waals surface area contributed by atoms with Gasteiger partial charge in [-0.2, -0.15) is 4.98 Å². The summed E-state index contributed by atoms with van der Waals surface area (Å²) in [6.45, 7) is -0.211. The molecule has 3 atom stereocenters. The van der Waals surface area contributed by atoms with Crippen LogP contribution >= 0.6 is 0 Å². The number of nitrogens with one attached hydrogen (secondary N) is 1. The minimum absolute atomic E-state index is 0.0655. The standard InChI is InChI=1S/C37H35N3O7/c1-44-29-17-13-27(14-18-29)37(26-11-7-4-8-12-26,28-15-19-30(45-2)20-16-28)46-24-32-31(41)23-34(47-32)40-22-21-33(39-36(40)43)38-35(42)25-9-5-3-6-10-25/h3-22,31-32,34,41H,23-24H2,1-2H3,(H,38,39,42,43)/t31-,32+,34+/m0/s1/i31D. The monoisotopic (exact) mass is 634 g/mol. The topological polar surface area (TPSA) is 121 Å². The Morgan fingerprint density at radius 3 is 2.00 bits per heavy atom. The molecule has 47 heavy (non-hydrogen) atoms. The van der Waals surface area contributed by atoms with Crippen LogP contribution in [0.3, 0.4) is 0 Å². The van der Waals surface area contributed by atoms with Crippen molar-refractivity contribution in [3.63, 3.8) is 0 Å². The van der Waals surface area contributed by atoms with E-state index in [4.69, 9.17) is 20.3 Å². The van der Waals surface area contributed by atoms with Crippen molar-refractivity contribution in [3.05, 3.63) is 154 Å². The van der Waals surface area contributed by atoms with Crippen LogP contribution in [0.2, 0.25) is 0 Å². The maximum absolute atomic E-state index is 13.1. The molecule has 0 radical (unpaired) electrons. The predicted octanol–water partition coefficient (Wildman–Crippen LogP) is 5.17. The fourth-order valence-electron chi connectivity index (χ4n) is 5.68.